The van der Waals surface area contributed by atoms with Crippen molar-refractivity contribution in [3.8, 4) is 0 Å². The zero-order valence-electron chi connectivity index (χ0n) is 20.8. The summed E-state index contributed by atoms with van der Waals surface area (Å²) in [6.45, 7) is 15.4. The molecule has 4 aliphatic rings. The smallest absolute Gasteiger partial charge is 0.0264 e. The molecule has 4 aliphatic carbocycles. The van der Waals surface area contributed by atoms with Gasteiger partial charge in [0.05, 0.1) is 0 Å². The SMILES string of the molecule is CC[C@H](CC[C@H](C)[C@H]1CC[C@@H]2[C@@H]3CCC4CCCC[C@]4(C)[C@H]3CC[C@@]21C)C(C)C. The van der Waals surface area contributed by atoms with Gasteiger partial charge in [0.2, 0.25) is 0 Å². The van der Waals surface area contributed by atoms with E-state index in [9.17, 15) is 0 Å². The minimum Gasteiger partial charge on any atom is -0.0651 e. The lowest BCUT2D eigenvalue weighted by atomic mass is 9.44. The molecule has 0 aromatic carbocycles. The Morgan fingerprint density at radius 2 is 1.52 bits per heavy atom. The van der Waals surface area contributed by atoms with Gasteiger partial charge < -0.3 is 0 Å². The fraction of sp³-hybridized carbons (Fsp3) is 1.00. The molecule has 0 aromatic heterocycles. The van der Waals surface area contributed by atoms with Gasteiger partial charge in [0.25, 0.3) is 0 Å². The second-order valence-corrected chi connectivity index (χ2v) is 13.1. The average Bonchev–Trinajstić information content (AvgIpc) is 3.05. The van der Waals surface area contributed by atoms with Crippen LogP contribution in [0.3, 0.4) is 0 Å². The molecule has 4 fully saturated rings. The highest BCUT2D eigenvalue weighted by atomic mass is 14.6. The summed E-state index contributed by atoms with van der Waals surface area (Å²) in [7, 11) is 0. The van der Waals surface area contributed by atoms with Gasteiger partial charge >= 0.3 is 0 Å². The van der Waals surface area contributed by atoms with Crippen LogP contribution in [0.1, 0.15) is 125 Å². The Labute approximate surface area is 183 Å². The minimum absolute atomic E-state index is 0.665. The third-order valence-corrected chi connectivity index (χ3v) is 11.8. The van der Waals surface area contributed by atoms with Crippen molar-refractivity contribution in [2.24, 2.45) is 58.2 Å². The van der Waals surface area contributed by atoms with E-state index in [0.717, 1.165) is 47.3 Å². The summed E-state index contributed by atoms with van der Waals surface area (Å²) in [4.78, 5) is 0. The molecule has 4 rings (SSSR count). The second-order valence-electron chi connectivity index (χ2n) is 13.1. The fourth-order valence-electron chi connectivity index (χ4n) is 9.96. The fourth-order valence-corrected chi connectivity index (χ4v) is 9.96. The molecule has 4 saturated carbocycles. The molecule has 0 aliphatic heterocycles. The van der Waals surface area contributed by atoms with Crippen molar-refractivity contribution < 1.29 is 0 Å². The molecule has 0 spiro atoms. The van der Waals surface area contributed by atoms with E-state index in [1.54, 1.807) is 51.4 Å². The number of hydrogen-bond acceptors (Lipinski definition) is 0. The molecule has 1 unspecified atom stereocenters. The predicted octanol–water partition coefficient (Wildman–Crippen LogP) is 9.13. The van der Waals surface area contributed by atoms with Crippen LogP contribution in [0.5, 0.6) is 0 Å². The molecule has 0 radical (unpaired) electrons. The number of hydrogen-bond donors (Lipinski definition) is 0. The van der Waals surface area contributed by atoms with Crippen LogP contribution in [0.2, 0.25) is 0 Å². The van der Waals surface area contributed by atoms with Crippen molar-refractivity contribution in [2.45, 2.75) is 125 Å². The Hall–Kier alpha value is 0. The van der Waals surface area contributed by atoms with Crippen LogP contribution in [0, 0.1) is 58.2 Å². The van der Waals surface area contributed by atoms with Crippen LogP contribution in [0.4, 0.5) is 0 Å². The van der Waals surface area contributed by atoms with Crippen molar-refractivity contribution in [1.29, 1.82) is 0 Å². The normalized spacial score (nSPS) is 46.7. The number of fused-ring (bicyclic) bond motifs is 5. The summed E-state index contributed by atoms with van der Waals surface area (Å²) in [5.41, 5.74) is 1.37. The van der Waals surface area contributed by atoms with Crippen LogP contribution in [0.25, 0.3) is 0 Å². The van der Waals surface area contributed by atoms with Gasteiger partial charge in [0.1, 0.15) is 0 Å². The maximum Gasteiger partial charge on any atom is -0.0264 e. The van der Waals surface area contributed by atoms with E-state index in [-0.39, 0.29) is 0 Å². The van der Waals surface area contributed by atoms with Crippen molar-refractivity contribution in [1.82, 2.24) is 0 Å². The molecule has 0 aromatic rings. The van der Waals surface area contributed by atoms with Gasteiger partial charge in [-0.15, -0.1) is 0 Å². The Bertz CT molecular complexity index is 548. The Balaban J connectivity index is 1.45. The van der Waals surface area contributed by atoms with Gasteiger partial charge in [-0.1, -0.05) is 67.2 Å². The summed E-state index contributed by atoms with van der Waals surface area (Å²) in [6, 6.07) is 0. The molecular formula is C29H52. The Morgan fingerprint density at radius 1 is 0.759 bits per heavy atom. The molecule has 0 saturated heterocycles. The third-order valence-electron chi connectivity index (χ3n) is 11.8. The summed E-state index contributed by atoms with van der Waals surface area (Å²) < 4.78 is 0. The summed E-state index contributed by atoms with van der Waals surface area (Å²) in [5.74, 6) is 8.02. The van der Waals surface area contributed by atoms with Gasteiger partial charge in [0, 0.05) is 0 Å². The Kier molecular flexibility index (Phi) is 6.51. The second kappa shape index (κ2) is 8.50. The minimum atomic E-state index is 0.665. The lowest BCUT2D eigenvalue weighted by molar-refractivity contribution is -0.114. The Morgan fingerprint density at radius 3 is 2.24 bits per heavy atom. The van der Waals surface area contributed by atoms with Crippen LogP contribution < -0.4 is 0 Å². The zero-order chi connectivity index (χ0) is 20.8. The maximum absolute atomic E-state index is 2.76. The molecule has 9 atom stereocenters. The average molecular weight is 401 g/mol. The third kappa shape index (κ3) is 3.75. The van der Waals surface area contributed by atoms with E-state index in [1.165, 1.54) is 32.1 Å². The lowest BCUT2D eigenvalue weighted by Crippen LogP contribution is -2.53. The largest absolute Gasteiger partial charge is 0.0651 e. The van der Waals surface area contributed by atoms with E-state index in [2.05, 4.69) is 41.5 Å². The van der Waals surface area contributed by atoms with E-state index in [4.69, 9.17) is 0 Å². The van der Waals surface area contributed by atoms with E-state index in [1.807, 2.05) is 0 Å². The summed E-state index contributed by atoms with van der Waals surface area (Å²) in [6.07, 6.45) is 19.8. The molecular weight excluding hydrogens is 348 g/mol. The molecule has 0 amide bonds. The highest BCUT2D eigenvalue weighted by Crippen LogP contribution is 2.68. The van der Waals surface area contributed by atoms with Gasteiger partial charge in [-0.25, -0.2) is 0 Å². The van der Waals surface area contributed by atoms with Crippen molar-refractivity contribution in [3.63, 3.8) is 0 Å². The quantitative estimate of drug-likeness (QED) is 0.417. The van der Waals surface area contributed by atoms with E-state index < -0.39 is 0 Å². The molecule has 0 N–H and O–H groups in total. The van der Waals surface area contributed by atoms with E-state index in [0.29, 0.717) is 10.8 Å². The van der Waals surface area contributed by atoms with Crippen molar-refractivity contribution >= 4 is 0 Å². The number of rotatable bonds is 6. The highest BCUT2D eigenvalue weighted by molar-refractivity contribution is 5.09. The standard InChI is InChI=1S/C29H52/c1-7-22(20(2)3)12-11-21(4)25-15-16-26-24-14-13-23-10-8-9-18-28(23,5)27(24)17-19-29(25,26)6/h20-27H,7-19H2,1-6H3/t21-,22+,23?,24-,25+,26+,27-,28-,29+/m0/s1. The van der Waals surface area contributed by atoms with Gasteiger partial charge in [-0.3, -0.25) is 0 Å². The first-order valence-electron chi connectivity index (χ1n) is 13.8. The topological polar surface area (TPSA) is 0 Å². The maximum atomic E-state index is 2.76. The molecule has 0 heterocycles. The summed E-state index contributed by atoms with van der Waals surface area (Å²) >= 11 is 0. The molecule has 0 heteroatoms. The van der Waals surface area contributed by atoms with Gasteiger partial charge in [-0.2, -0.15) is 0 Å². The zero-order valence-corrected chi connectivity index (χ0v) is 20.8. The monoisotopic (exact) mass is 400 g/mol. The first-order valence-corrected chi connectivity index (χ1v) is 13.8. The van der Waals surface area contributed by atoms with Crippen LogP contribution in [0.15, 0.2) is 0 Å². The van der Waals surface area contributed by atoms with Crippen molar-refractivity contribution in [2.75, 3.05) is 0 Å². The van der Waals surface area contributed by atoms with Crippen molar-refractivity contribution in [3.05, 3.63) is 0 Å². The summed E-state index contributed by atoms with van der Waals surface area (Å²) in [5, 5.41) is 0. The first kappa shape index (κ1) is 22.2. The lowest BCUT2D eigenvalue weighted by Gasteiger charge is -2.61. The van der Waals surface area contributed by atoms with Crippen LogP contribution >= 0.6 is 0 Å². The van der Waals surface area contributed by atoms with Gasteiger partial charge in [-0.05, 0) is 116 Å². The molecule has 0 bridgehead atoms. The molecule has 0 nitrogen and oxygen atoms in total. The van der Waals surface area contributed by atoms with Crippen LogP contribution in [-0.4, -0.2) is 0 Å². The highest BCUT2D eigenvalue weighted by Gasteiger charge is 2.60. The van der Waals surface area contributed by atoms with E-state index >= 15 is 0 Å². The molecule has 29 heavy (non-hydrogen) atoms. The predicted molar refractivity (Wildman–Crippen MR) is 127 cm³/mol. The molecule has 168 valence electrons. The van der Waals surface area contributed by atoms with Crippen LogP contribution in [-0.2, 0) is 0 Å². The first-order chi connectivity index (χ1) is 13.8. The van der Waals surface area contributed by atoms with Gasteiger partial charge in [0.15, 0.2) is 0 Å².